The van der Waals surface area contributed by atoms with Gasteiger partial charge in [-0.1, -0.05) is 0 Å². The van der Waals surface area contributed by atoms with Gasteiger partial charge in [0.1, 0.15) is 0 Å². The van der Waals surface area contributed by atoms with Crippen LogP contribution in [0.25, 0.3) is 0 Å². The largest absolute Gasteiger partial charge is 0.350 e. The fourth-order valence-electron chi connectivity index (χ4n) is 1.72. The molecule has 0 amide bonds. The summed E-state index contributed by atoms with van der Waals surface area (Å²) in [4.78, 5) is 8.42. The Labute approximate surface area is 101 Å². The predicted octanol–water partition coefficient (Wildman–Crippen LogP) is 1.75. The zero-order chi connectivity index (χ0) is 12.4. The van der Waals surface area contributed by atoms with E-state index in [4.69, 9.17) is 0 Å². The predicted molar refractivity (Wildman–Crippen MR) is 66.8 cm³/mol. The normalized spacial score (nSPS) is 10.6. The Bertz CT molecular complexity index is 512. The minimum atomic E-state index is 0.651. The van der Waals surface area contributed by atoms with Crippen molar-refractivity contribution < 1.29 is 0 Å². The Kier molecular flexibility index (Phi) is 3.08. The summed E-state index contributed by atoms with van der Waals surface area (Å²) >= 11 is 0. The molecular formula is C12H17N5. The minimum absolute atomic E-state index is 0.651. The molecule has 0 saturated carbocycles. The van der Waals surface area contributed by atoms with Crippen LogP contribution >= 0.6 is 0 Å². The van der Waals surface area contributed by atoms with Crippen LogP contribution < -0.4 is 5.32 Å². The molecule has 0 fully saturated rings. The average molecular weight is 231 g/mol. The molecule has 0 aliphatic heterocycles. The van der Waals surface area contributed by atoms with E-state index >= 15 is 0 Å². The van der Waals surface area contributed by atoms with E-state index in [1.165, 1.54) is 11.3 Å². The first-order chi connectivity index (χ1) is 8.08. The molecule has 0 aliphatic rings. The van der Waals surface area contributed by atoms with Gasteiger partial charge in [-0.3, -0.25) is 4.68 Å². The summed E-state index contributed by atoms with van der Waals surface area (Å²) in [6, 6.07) is 0. The maximum Gasteiger partial charge on any atom is 0.222 e. The lowest BCUT2D eigenvalue weighted by Crippen LogP contribution is -2.05. The number of nitrogens with zero attached hydrogens (tertiary/aromatic N) is 4. The molecule has 90 valence electrons. The summed E-state index contributed by atoms with van der Waals surface area (Å²) in [5.74, 6) is 0.651. The molecule has 2 aromatic rings. The molecule has 2 aromatic heterocycles. The molecule has 5 heteroatoms. The van der Waals surface area contributed by atoms with Crippen molar-refractivity contribution in [2.75, 3.05) is 5.32 Å². The summed E-state index contributed by atoms with van der Waals surface area (Å²) in [7, 11) is 1.95. The highest BCUT2D eigenvalue weighted by molar-refractivity contribution is 5.31. The Balaban J connectivity index is 2.09. The van der Waals surface area contributed by atoms with Gasteiger partial charge >= 0.3 is 0 Å². The molecule has 17 heavy (non-hydrogen) atoms. The van der Waals surface area contributed by atoms with E-state index < -0.39 is 0 Å². The maximum atomic E-state index is 4.37. The van der Waals surface area contributed by atoms with Crippen molar-refractivity contribution in [3.05, 3.63) is 34.9 Å². The van der Waals surface area contributed by atoms with Gasteiger partial charge in [0.25, 0.3) is 0 Å². The Hall–Kier alpha value is -1.91. The van der Waals surface area contributed by atoms with Gasteiger partial charge in [0.15, 0.2) is 0 Å². The highest BCUT2D eigenvalue weighted by atomic mass is 15.3. The first kappa shape index (κ1) is 11.6. The highest BCUT2D eigenvalue weighted by Gasteiger charge is 2.09. The number of hydrogen-bond donors (Lipinski definition) is 1. The van der Waals surface area contributed by atoms with Gasteiger partial charge in [0.2, 0.25) is 5.95 Å². The van der Waals surface area contributed by atoms with Crippen LogP contribution in [0.1, 0.15) is 22.5 Å². The highest BCUT2D eigenvalue weighted by Crippen LogP contribution is 2.13. The van der Waals surface area contributed by atoms with Crippen molar-refractivity contribution in [3.63, 3.8) is 0 Å². The van der Waals surface area contributed by atoms with Gasteiger partial charge in [-0.05, 0) is 26.3 Å². The Morgan fingerprint density at radius 1 is 1.18 bits per heavy atom. The van der Waals surface area contributed by atoms with Gasteiger partial charge in [-0.2, -0.15) is 5.10 Å². The number of aromatic nitrogens is 4. The summed E-state index contributed by atoms with van der Waals surface area (Å²) in [6.07, 6.45) is 3.61. The molecule has 0 aromatic carbocycles. The van der Waals surface area contributed by atoms with Crippen LogP contribution in [0.5, 0.6) is 0 Å². The number of hydrogen-bond acceptors (Lipinski definition) is 4. The molecule has 0 aliphatic carbocycles. The molecular weight excluding hydrogens is 214 g/mol. The van der Waals surface area contributed by atoms with E-state index in [0.29, 0.717) is 12.5 Å². The van der Waals surface area contributed by atoms with Crippen LogP contribution in [0.2, 0.25) is 0 Å². The molecule has 2 rings (SSSR count). The van der Waals surface area contributed by atoms with E-state index in [-0.39, 0.29) is 0 Å². The average Bonchev–Trinajstić information content (AvgIpc) is 2.54. The molecule has 0 atom stereocenters. The maximum absolute atomic E-state index is 4.37. The Morgan fingerprint density at radius 3 is 2.35 bits per heavy atom. The molecule has 0 bridgehead atoms. The zero-order valence-corrected chi connectivity index (χ0v) is 10.7. The van der Waals surface area contributed by atoms with E-state index in [9.17, 15) is 0 Å². The van der Waals surface area contributed by atoms with E-state index in [0.717, 1.165) is 11.3 Å². The van der Waals surface area contributed by atoms with Crippen molar-refractivity contribution in [2.45, 2.75) is 27.3 Å². The van der Waals surface area contributed by atoms with Crippen LogP contribution in [0.15, 0.2) is 12.4 Å². The lowest BCUT2D eigenvalue weighted by molar-refractivity contribution is 0.730. The SMILES string of the molecule is Cc1cnc(NCc2c(C)nn(C)c2C)nc1. The van der Waals surface area contributed by atoms with Crippen molar-refractivity contribution in [2.24, 2.45) is 7.05 Å². The number of aryl methyl sites for hydroxylation is 3. The minimum Gasteiger partial charge on any atom is -0.350 e. The second-order valence-corrected chi connectivity index (χ2v) is 4.21. The van der Waals surface area contributed by atoms with Gasteiger partial charge in [0, 0.05) is 37.2 Å². The van der Waals surface area contributed by atoms with Crippen molar-refractivity contribution >= 4 is 5.95 Å². The molecule has 0 unspecified atom stereocenters. The lowest BCUT2D eigenvalue weighted by atomic mass is 10.2. The molecule has 0 saturated heterocycles. The van der Waals surface area contributed by atoms with Gasteiger partial charge in [-0.25, -0.2) is 9.97 Å². The van der Waals surface area contributed by atoms with Crippen molar-refractivity contribution in [3.8, 4) is 0 Å². The third-order valence-corrected chi connectivity index (χ3v) is 2.86. The second kappa shape index (κ2) is 4.53. The molecule has 0 radical (unpaired) electrons. The van der Waals surface area contributed by atoms with Crippen molar-refractivity contribution in [1.82, 2.24) is 19.7 Å². The fourth-order valence-corrected chi connectivity index (χ4v) is 1.72. The summed E-state index contributed by atoms with van der Waals surface area (Å²) in [5, 5.41) is 7.58. The van der Waals surface area contributed by atoms with Crippen LogP contribution in [0.3, 0.4) is 0 Å². The first-order valence-corrected chi connectivity index (χ1v) is 5.59. The molecule has 0 spiro atoms. The van der Waals surface area contributed by atoms with E-state index in [1.807, 2.05) is 25.6 Å². The standard InChI is InChI=1S/C12H17N5/c1-8-5-13-12(14-6-8)15-7-11-9(2)16-17(4)10(11)3/h5-6H,7H2,1-4H3,(H,13,14,15). The topological polar surface area (TPSA) is 55.6 Å². The first-order valence-electron chi connectivity index (χ1n) is 5.59. The van der Waals surface area contributed by atoms with Crippen LogP contribution in [-0.4, -0.2) is 19.7 Å². The number of rotatable bonds is 3. The second-order valence-electron chi connectivity index (χ2n) is 4.21. The third kappa shape index (κ3) is 2.43. The van der Waals surface area contributed by atoms with Crippen molar-refractivity contribution in [1.29, 1.82) is 0 Å². The monoisotopic (exact) mass is 231 g/mol. The van der Waals surface area contributed by atoms with Crippen LogP contribution in [-0.2, 0) is 13.6 Å². The zero-order valence-electron chi connectivity index (χ0n) is 10.7. The number of nitrogens with one attached hydrogen (secondary N) is 1. The van der Waals surface area contributed by atoms with Gasteiger partial charge in [-0.15, -0.1) is 0 Å². The number of anilines is 1. The summed E-state index contributed by atoms with van der Waals surface area (Å²) in [6.45, 7) is 6.75. The van der Waals surface area contributed by atoms with E-state index in [1.54, 1.807) is 12.4 Å². The van der Waals surface area contributed by atoms with Gasteiger partial charge in [0.05, 0.1) is 5.69 Å². The van der Waals surface area contributed by atoms with Crippen LogP contribution in [0, 0.1) is 20.8 Å². The Morgan fingerprint density at radius 2 is 1.82 bits per heavy atom. The van der Waals surface area contributed by atoms with Crippen LogP contribution in [0.4, 0.5) is 5.95 Å². The van der Waals surface area contributed by atoms with E-state index in [2.05, 4.69) is 27.3 Å². The summed E-state index contributed by atoms with van der Waals surface area (Å²) < 4.78 is 1.89. The molecule has 2 heterocycles. The smallest absolute Gasteiger partial charge is 0.222 e. The molecule has 5 nitrogen and oxygen atoms in total. The quantitative estimate of drug-likeness (QED) is 0.874. The molecule has 1 N–H and O–H groups in total. The van der Waals surface area contributed by atoms with Gasteiger partial charge < -0.3 is 5.32 Å². The fraction of sp³-hybridized carbons (Fsp3) is 0.417. The summed E-state index contributed by atoms with van der Waals surface area (Å²) in [5.41, 5.74) is 4.48. The third-order valence-electron chi connectivity index (χ3n) is 2.86. The lowest BCUT2D eigenvalue weighted by Gasteiger charge is -2.05.